The first-order valence-corrected chi connectivity index (χ1v) is 10.8. The van der Waals surface area contributed by atoms with E-state index in [9.17, 15) is 31.1 Å². The van der Waals surface area contributed by atoms with Gasteiger partial charge in [-0.15, -0.1) is 0 Å². The summed E-state index contributed by atoms with van der Waals surface area (Å²) in [5.41, 5.74) is 1.22. The summed E-state index contributed by atoms with van der Waals surface area (Å²) in [5, 5.41) is 17.2. The van der Waals surface area contributed by atoms with E-state index in [0.717, 1.165) is 19.6 Å². The highest BCUT2D eigenvalue weighted by molar-refractivity contribution is 5.91. The van der Waals surface area contributed by atoms with Crippen LogP contribution in [0.1, 0.15) is 16.1 Å². The molecule has 2 aromatic rings. The Morgan fingerprint density at radius 2 is 1.66 bits per heavy atom. The molecule has 2 saturated heterocycles. The number of fused-ring (bicyclic) bond motifs is 1. The van der Waals surface area contributed by atoms with E-state index in [1.807, 2.05) is 12.3 Å². The Labute approximate surface area is 211 Å². The molecular formula is C22H23F6N3O7. The van der Waals surface area contributed by atoms with E-state index in [1.165, 1.54) is 11.8 Å². The molecule has 3 N–H and O–H groups in total. The van der Waals surface area contributed by atoms with Crippen molar-refractivity contribution in [3.05, 3.63) is 54.2 Å². The average Bonchev–Trinajstić information content (AvgIpc) is 3.56. The zero-order valence-electron chi connectivity index (χ0n) is 19.4. The van der Waals surface area contributed by atoms with Crippen LogP contribution in [0.25, 0.3) is 0 Å². The summed E-state index contributed by atoms with van der Waals surface area (Å²) in [6.45, 7) is 4.19. The number of pyridine rings is 1. The molecule has 0 radical (unpaired) electrons. The monoisotopic (exact) mass is 555 g/mol. The Bertz CT molecular complexity index is 1020. The number of ether oxygens (including phenoxy) is 1. The highest BCUT2D eigenvalue weighted by Gasteiger charge is 2.43. The smallest absolute Gasteiger partial charge is 0.475 e. The average molecular weight is 555 g/mol. The van der Waals surface area contributed by atoms with E-state index < -0.39 is 24.3 Å². The minimum absolute atomic E-state index is 0.159. The Morgan fingerprint density at radius 3 is 2.16 bits per heavy atom. The number of hydrogen-bond acceptors (Lipinski definition) is 7. The fourth-order valence-electron chi connectivity index (χ4n) is 3.69. The standard InChI is InChI=1S/C18H21N3O3.2C2HF3O2/c22-18(16-4-2-6-23-16)20-8-14-12-24-17-11-21(10-15(14)17)9-13-3-1-5-19-7-13;2*3-2(4,5)1(6)7/h1-7,14-15,17H,8-12H2,(H,20,22);2*(H,6,7)/t14-,15-,17-;;/m1../s1. The molecule has 0 saturated carbocycles. The molecule has 2 aliphatic rings. The quantitative estimate of drug-likeness (QED) is 0.475. The molecule has 4 heterocycles. The van der Waals surface area contributed by atoms with Gasteiger partial charge in [-0.05, 0) is 23.8 Å². The first-order chi connectivity index (χ1) is 17.7. The lowest BCUT2D eigenvalue weighted by molar-refractivity contribution is -0.193. The van der Waals surface area contributed by atoms with Gasteiger partial charge in [0.25, 0.3) is 5.91 Å². The summed E-state index contributed by atoms with van der Waals surface area (Å²) in [5.74, 6) is -4.49. The number of alkyl halides is 6. The molecule has 0 bridgehead atoms. The van der Waals surface area contributed by atoms with Crippen LogP contribution in [-0.4, -0.2) is 82.6 Å². The minimum Gasteiger partial charge on any atom is -0.475 e. The lowest BCUT2D eigenvalue weighted by Crippen LogP contribution is -2.34. The van der Waals surface area contributed by atoms with Crippen LogP contribution in [0.15, 0.2) is 47.3 Å². The third-order valence-electron chi connectivity index (χ3n) is 5.40. The Morgan fingerprint density at radius 1 is 1.03 bits per heavy atom. The third-order valence-corrected chi connectivity index (χ3v) is 5.40. The number of carbonyl (C=O) groups excluding carboxylic acids is 1. The maximum atomic E-state index is 12.0. The Hall–Kier alpha value is -3.66. The van der Waals surface area contributed by atoms with Crippen LogP contribution in [0, 0.1) is 11.8 Å². The lowest BCUT2D eigenvalue weighted by Gasteiger charge is -2.19. The molecule has 3 atom stereocenters. The number of carboxylic acids is 2. The normalized spacial score (nSPS) is 20.8. The molecular weight excluding hydrogens is 532 g/mol. The van der Waals surface area contributed by atoms with Gasteiger partial charge in [0.15, 0.2) is 5.76 Å². The fourth-order valence-corrected chi connectivity index (χ4v) is 3.69. The largest absolute Gasteiger partial charge is 0.490 e. The molecule has 0 aliphatic carbocycles. The number of furan rings is 1. The maximum Gasteiger partial charge on any atom is 0.490 e. The molecule has 0 aromatic carbocycles. The van der Waals surface area contributed by atoms with E-state index in [0.29, 0.717) is 30.7 Å². The summed E-state index contributed by atoms with van der Waals surface area (Å²) >= 11 is 0. The predicted octanol–water partition coefficient (Wildman–Crippen LogP) is 2.82. The van der Waals surface area contributed by atoms with Crippen LogP contribution < -0.4 is 5.32 Å². The summed E-state index contributed by atoms with van der Waals surface area (Å²) < 4.78 is 74.5. The molecule has 210 valence electrons. The number of halogens is 6. The molecule has 10 nitrogen and oxygen atoms in total. The highest BCUT2D eigenvalue weighted by atomic mass is 19.4. The van der Waals surface area contributed by atoms with E-state index >= 15 is 0 Å². The van der Waals surface area contributed by atoms with Gasteiger partial charge in [0.1, 0.15) is 0 Å². The summed E-state index contributed by atoms with van der Waals surface area (Å²) in [6.07, 6.45) is -4.68. The van der Waals surface area contributed by atoms with Crippen molar-refractivity contribution < 1.29 is 60.1 Å². The van der Waals surface area contributed by atoms with Crippen molar-refractivity contribution in [2.75, 3.05) is 26.2 Å². The molecule has 38 heavy (non-hydrogen) atoms. The van der Waals surface area contributed by atoms with E-state index in [4.69, 9.17) is 29.0 Å². The zero-order chi connectivity index (χ0) is 28.5. The molecule has 4 rings (SSSR count). The topological polar surface area (TPSA) is 142 Å². The first kappa shape index (κ1) is 30.6. The molecule has 0 unspecified atom stereocenters. The molecule has 2 fully saturated rings. The summed E-state index contributed by atoms with van der Waals surface area (Å²) in [6, 6.07) is 7.46. The highest BCUT2D eigenvalue weighted by Crippen LogP contribution is 2.34. The number of carbonyl (C=O) groups is 3. The van der Waals surface area contributed by atoms with Crippen molar-refractivity contribution >= 4 is 17.8 Å². The van der Waals surface area contributed by atoms with E-state index in [-0.39, 0.29) is 12.0 Å². The number of nitrogens with zero attached hydrogens (tertiary/aromatic N) is 2. The number of carboxylic acid groups (broad SMARTS) is 2. The molecule has 2 aliphatic heterocycles. The van der Waals surface area contributed by atoms with Gasteiger partial charge in [-0.3, -0.25) is 14.7 Å². The van der Waals surface area contributed by atoms with E-state index in [1.54, 1.807) is 18.3 Å². The van der Waals surface area contributed by atoms with Gasteiger partial charge in [-0.2, -0.15) is 26.3 Å². The van der Waals surface area contributed by atoms with Crippen LogP contribution >= 0.6 is 0 Å². The van der Waals surface area contributed by atoms with Gasteiger partial charge < -0.3 is 24.7 Å². The Kier molecular flexibility index (Phi) is 10.6. The maximum absolute atomic E-state index is 12.0. The van der Waals surface area contributed by atoms with Gasteiger partial charge in [0.05, 0.1) is 19.0 Å². The van der Waals surface area contributed by atoms with Gasteiger partial charge in [-0.1, -0.05) is 6.07 Å². The molecule has 16 heteroatoms. The number of likely N-dealkylation sites (tertiary alicyclic amines) is 1. The van der Waals surface area contributed by atoms with Crippen LogP contribution in [0.2, 0.25) is 0 Å². The van der Waals surface area contributed by atoms with E-state index in [2.05, 4.69) is 21.3 Å². The van der Waals surface area contributed by atoms with Gasteiger partial charge in [0.2, 0.25) is 0 Å². The van der Waals surface area contributed by atoms with Crippen LogP contribution in [0.3, 0.4) is 0 Å². The SMILES string of the molecule is O=C(NC[C@@H]1CO[C@@H]2CN(Cc3cccnc3)C[C@H]12)c1ccco1.O=C(O)C(F)(F)F.O=C(O)C(F)(F)F. The van der Waals surface area contributed by atoms with Gasteiger partial charge in [-0.25, -0.2) is 9.59 Å². The van der Waals surface area contributed by atoms with Crippen LogP contribution in [0.4, 0.5) is 26.3 Å². The summed E-state index contributed by atoms with van der Waals surface area (Å²) in [7, 11) is 0. The number of amides is 1. The van der Waals surface area contributed by atoms with Crippen LogP contribution in [0.5, 0.6) is 0 Å². The fraction of sp³-hybridized carbons (Fsp3) is 0.455. The Balaban J connectivity index is 0.000000301. The summed E-state index contributed by atoms with van der Waals surface area (Å²) in [4.78, 5) is 36.4. The zero-order valence-corrected chi connectivity index (χ0v) is 19.4. The van der Waals surface area contributed by atoms with Crippen molar-refractivity contribution in [1.82, 2.24) is 15.2 Å². The van der Waals surface area contributed by atoms with Crippen molar-refractivity contribution in [2.24, 2.45) is 11.8 Å². The van der Waals surface area contributed by atoms with Gasteiger partial charge in [0, 0.05) is 50.4 Å². The lowest BCUT2D eigenvalue weighted by atomic mass is 9.93. The number of aromatic nitrogens is 1. The van der Waals surface area contributed by atoms with Crippen molar-refractivity contribution in [2.45, 2.75) is 25.0 Å². The van der Waals surface area contributed by atoms with Crippen molar-refractivity contribution in [1.29, 1.82) is 0 Å². The second-order valence-electron chi connectivity index (χ2n) is 8.14. The number of rotatable bonds is 5. The molecule has 2 aromatic heterocycles. The number of hydrogen-bond donors (Lipinski definition) is 3. The second-order valence-corrected chi connectivity index (χ2v) is 8.14. The first-order valence-electron chi connectivity index (χ1n) is 10.8. The number of aliphatic carboxylic acids is 2. The third kappa shape index (κ3) is 9.66. The molecule has 0 spiro atoms. The number of nitrogens with one attached hydrogen (secondary N) is 1. The molecule has 1 amide bonds. The van der Waals surface area contributed by atoms with Crippen LogP contribution in [-0.2, 0) is 20.9 Å². The van der Waals surface area contributed by atoms with Crippen molar-refractivity contribution in [3.8, 4) is 0 Å². The second kappa shape index (κ2) is 13.2. The predicted molar refractivity (Wildman–Crippen MR) is 115 cm³/mol. The van der Waals surface area contributed by atoms with Crippen molar-refractivity contribution in [3.63, 3.8) is 0 Å². The van der Waals surface area contributed by atoms with Gasteiger partial charge >= 0.3 is 24.3 Å². The minimum atomic E-state index is -5.08.